The molecule has 0 aliphatic carbocycles. The number of hydrogen-bond donors (Lipinski definition) is 2. The zero-order valence-corrected chi connectivity index (χ0v) is 17.8. The molecule has 0 bridgehead atoms. The Bertz CT molecular complexity index is 1250. The minimum Gasteiger partial charge on any atom is -0.507 e. The minimum absolute atomic E-state index is 0.0133. The number of phenolic OH excluding ortho intramolecular Hbond substituents is 1. The van der Waals surface area contributed by atoms with Crippen LogP contribution >= 0.6 is 0 Å². The molecule has 0 amide bonds. The van der Waals surface area contributed by atoms with Crippen LogP contribution in [0.25, 0.3) is 10.8 Å². The normalized spacial score (nSPS) is 12.0. The third-order valence-corrected chi connectivity index (χ3v) is 6.88. The van der Waals surface area contributed by atoms with E-state index in [1.54, 1.807) is 26.0 Å². The maximum atomic E-state index is 12.7. The number of benzene rings is 3. The molecule has 0 aliphatic heterocycles. The largest absolute Gasteiger partial charge is 0.507 e. The molecule has 3 aromatic rings. The maximum absolute atomic E-state index is 12.7. The number of phenols is 1. The van der Waals surface area contributed by atoms with Crippen LogP contribution in [0.3, 0.4) is 0 Å². The summed E-state index contributed by atoms with van der Waals surface area (Å²) in [5.41, 5.74) is 2.64. The van der Waals surface area contributed by atoms with Crippen molar-refractivity contribution >= 4 is 38.4 Å². The highest BCUT2D eigenvalue weighted by Crippen LogP contribution is 2.30. The van der Waals surface area contributed by atoms with Crippen molar-refractivity contribution < 1.29 is 18.4 Å². The molecule has 0 spiro atoms. The van der Waals surface area contributed by atoms with E-state index in [1.165, 1.54) is 22.7 Å². The zero-order chi connectivity index (χ0) is 22.6. The first-order valence-corrected chi connectivity index (χ1v) is 11.0. The lowest BCUT2D eigenvalue weighted by atomic mass is 10.0. The van der Waals surface area contributed by atoms with Crippen LogP contribution in [0.2, 0.25) is 0 Å². The number of fused-ring (bicyclic) bond motifs is 1. The van der Waals surface area contributed by atoms with Gasteiger partial charge in [-0.1, -0.05) is 44.2 Å². The van der Waals surface area contributed by atoms with Gasteiger partial charge in [-0.15, -0.1) is 0 Å². The Morgan fingerprint density at radius 2 is 1.84 bits per heavy atom. The number of aromatic hydroxyl groups is 1. The van der Waals surface area contributed by atoms with E-state index in [0.29, 0.717) is 5.56 Å². The summed E-state index contributed by atoms with van der Waals surface area (Å²) in [6, 6.07) is 14.3. The van der Waals surface area contributed by atoms with Gasteiger partial charge < -0.3 is 5.11 Å². The molecule has 2 N–H and O–H groups in total. The van der Waals surface area contributed by atoms with Crippen molar-refractivity contribution in [1.29, 1.82) is 0 Å². The lowest BCUT2D eigenvalue weighted by Gasteiger charge is -2.18. The first-order valence-electron chi connectivity index (χ1n) is 9.58. The Morgan fingerprint density at radius 1 is 1.13 bits per heavy atom. The summed E-state index contributed by atoms with van der Waals surface area (Å²) < 4.78 is 26.6. The smallest absolute Gasteiger partial charge is 0.295 e. The summed E-state index contributed by atoms with van der Waals surface area (Å²) >= 11 is 0. The van der Waals surface area contributed by atoms with Gasteiger partial charge in [-0.05, 0) is 29.0 Å². The van der Waals surface area contributed by atoms with E-state index >= 15 is 0 Å². The van der Waals surface area contributed by atoms with Gasteiger partial charge in [0.25, 0.3) is 5.69 Å². The number of hydrazone groups is 1. The molecule has 0 heterocycles. The predicted molar refractivity (Wildman–Crippen MR) is 120 cm³/mol. The summed E-state index contributed by atoms with van der Waals surface area (Å²) in [7, 11) is -3.84. The average molecular weight is 442 g/mol. The molecular formula is C21H22N4O5S. The van der Waals surface area contributed by atoms with Gasteiger partial charge in [0.15, 0.2) is 0 Å². The van der Waals surface area contributed by atoms with E-state index in [4.69, 9.17) is 0 Å². The van der Waals surface area contributed by atoms with Crippen LogP contribution in [-0.4, -0.2) is 42.1 Å². The molecular weight excluding hydrogens is 420 g/mol. The van der Waals surface area contributed by atoms with E-state index in [2.05, 4.69) is 10.5 Å². The van der Waals surface area contributed by atoms with Crippen LogP contribution in [0.15, 0.2) is 64.6 Å². The van der Waals surface area contributed by atoms with Crippen molar-refractivity contribution in [1.82, 2.24) is 4.31 Å². The van der Waals surface area contributed by atoms with Crippen molar-refractivity contribution in [3.63, 3.8) is 0 Å². The van der Waals surface area contributed by atoms with Gasteiger partial charge in [-0.3, -0.25) is 15.5 Å². The number of nitrogens with one attached hydrogen (secondary N) is 1. The first kappa shape index (κ1) is 22.2. The lowest BCUT2D eigenvalue weighted by molar-refractivity contribution is -0.384. The van der Waals surface area contributed by atoms with E-state index in [0.717, 1.165) is 16.8 Å². The minimum atomic E-state index is -3.84. The van der Waals surface area contributed by atoms with E-state index < -0.39 is 20.6 Å². The average Bonchev–Trinajstić information content (AvgIpc) is 2.75. The molecule has 31 heavy (non-hydrogen) atoms. The molecule has 0 unspecified atom stereocenters. The third-order valence-electron chi connectivity index (χ3n) is 4.84. The van der Waals surface area contributed by atoms with Crippen LogP contribution < -0.4 is 5.43 Å². The molecule has 0 saturated carbocycles. The first-order chi connectivity index (χ1) is 14.8. The number of rotatable bonds is 8. The van der Waals surface area contributed by atoms with Crippen LogP contribution in [0.1, 0.15) is 19.4 Å². The molecule has 0 atom stereocenters. The van der Waals surface area contributed by atoms with Gasteiger partial charge in [0.2, 0.25) is 10.0 Å². The highest BCUT2D eigenvalue weighted by molar-refractivity contribution is 7.89. The number of anilines is 1. The van der Waals surface area contributed by atoms with Gasteiger partial charge in [0.05, 0.1) is 16.0 Å². The number of sulfonamides is 1. The molecule has 0 fully saturated rings. The molecule has 0 aliphatic rings. The van der Waals surface area contributed by atoms with Gasteiger partial charge >= 0.3 is 0 Å². The second-order valence-electron chi connectivity index (χ2n) is 6.61. The van der Waals surface area contributed by atoms with E-state index in [1.807, 2.05) is 24.3 Å². The van der Waals surface area contributed by atoms with Crippen molar-refractivity contribution in [3.05, 3.63) is 70.3 Å². The monoisotopic (exact) mass is 442 g/mol. The fraction of sp³-hybridized carbons (Fsp3) is 0.190. The molecule has 9 nitrogen and oxygen atoms in total. The summed E-state index contributed by atoms with van der Waals surface area (Å²) in [5.74, 6) is 0.0133. The molecule has 3 rings (SSSR count). The fourth-order valence-corrected chi connectivity index (χ4v) is 4.69. The maximum Gasteiger partial charge on any atom is 0.295 e. The number of nitro groups is 1. The molecule has 162 valence electrons. The quantitative estimate of drug-likeness (QED) is 0.309. The van der Waals surface area contributed by atoms with Gasteiger partial charge in [-0.2, -0.15) is 9.41 Å². The topological polar surface area (TPSA) is 125 Å². The SMILES string of the molecule is CCN(CC)S(=O)(=O)c1ccc(NN=Cc2c(O)ccc3ccccc23)c([N+](=O)[O-])c1. The number of nitro benzene ring substituents is 1. The standard InChI is InChI=1S/C21H22N4O5S/c1-3-24(4-2)31(29,30)16-10-11-19(20(13-16)25(27)28)23-22-14-18-17-8-6-5-7-15(17)9-12-21(18)26/h5-14,23,26H,3-4H2,1-2H3. The molecule has 10 heteroatoms. The summed E-state index contributed by atoms with van der Waals surface area (Å²) in [6.45, 7) is 3.91. The molecule has 0 radical (unpaired) electrons. The second-order valence-corrected chi connectivity index (χ2v) is 8.55. The Balaban J connectivity index is 1.94. The fourth-order valence-electron chi connectivity index (χ4n) is 3.22. The Hall–Kier alpha value is -3.50. The van der Waals surface area contributed by atoms with Crippen molar-refractivity contribution in [2.24, 2.45) is 5.10 Å². The zero-order valence-electron chi connectivity index (χ0n) is 17.0. The van der Waals surface area contributed by atoms with Crippen molar-refractivity contribution in [2.45, 2.75) is 18.7 Å². The van der Waals surface area contributed by atoms with E-state index in [-0.39, 0.29) is 29.4 Å². The van der Waals surface area contributed by atoms with Gasteiger partial charge in [0.1, 0.15) is 11.4 Å². The number of hydrogen-bond acceptors (Lipinski definition) is 7. The van der Waals surface area contributed by atoms with Gasteiger partial charge in [0, 0.05) is 24.7 Å². The van der Waals surface area contributed by atoms with Crippen molar-refractivity contribution in [3.8, 4) is 5.75 Å². The predicted octanol–water partition coefficient (Wildman–Crippen LogP) is 3.93. The Morgan fingerprint density at radius 3 is 2.52 bits per heavy atom. The van der Waals surface area contributed by atoms with Gasteiger partial charge in [-0.25, -0.2) is 8.42 Å². The number of nitrogens with zero attached hydrogens (tertiary/aromatic N) is 3. The molecule has 0 saturated heterocycles. The second kappa shape index (κ2) is 9.11. The molecule has 0 aromatic heterocycles. The third kappa shape index (κ3) is 4.49. The summed E-state index contributed by atoms with van der Waals surface area (Å²) in [5, 5.41) is 27.4. The highest BCUT2D eigenvalue weighted by atomic mass is 32.2. The highest BCUT2D eigenvalue weighted by Gasteiger charge is 2.25. The summed E-state index contributed by atoms with van der Waals surface area (Å²) in [4.78, 5) is 10.7. The Labute approximate surface area is 179 Å². The van der Waals surface area contributed by atoms with Crippen molar-refractivity contribution in [2.75, 3.05) is 18.5 Å². The van der Waals surface area contributed by atoms with Crippen LogP contribution in [-0.2, 0) is 10.0 Å². The van der Waals surface area contributed by atoms with E-state index in [9.17, 15) is 23.6 Å². The molecule has 3 aromatic carbocycles. The van der Waals surface area contributed by atoms with Crippen LogP contribution in [0, 0.1) is 10.1 Å². The van der Waals surface area contributed by atoms with Crippen LogP contribution in [0.4, 0.5) is 11.4 Å². The Kier molecular flexibility index (Phi) is 6.52. The lowest BCUT2D eigenvalue weighted by Crippen LogP contribution is -2.30. The van der Waals surface area contributed by atoms with Crippen LogP contribution in [0.5, 0.6) is 5.75 Å². The summed E-state index contributed by atoms with van der Waals surface area (Å²) in [6.07, 6.45) is 1.36.